The van der Waals surface area contributed by atoms with Gasteiger partial charge < -0.3 is 19.5 Å². The molecule has 1 heterocycles. The van der Waals surface area contributed by atoms with Crippen molar-refractivity contribution in [3.8, 4) is 17.2 Å². The van der Waals surface area contributed by atoms with Crippen LogP contribution in [0.1, 0.15) is 23.6 Å². The molecule has 30 heavy (non-hydrogen) atoms. The van der Waals surface area contributed by atoms with Gasteiger partial charge >= 0.3 is 0 Å². The van der Waals surface area contributed by atoms with Gasteiger partial charge in [0, 0.05) is 25.2 Å². The Morgan fingerprint density at radius 1 is 0.800 bits per heavy atom. The molecule has 1 atom stereocenters. The molecule has 1 aliphatic heterocycles. The van der Waals surface area contributed by atoms with Crippen LogP contribution in [0.5, 0.6) is 17.2 Å². The van der Waals surface area contributed by atoms with E-state index < -0.39 is 0 Å². The summed E-state index contributed by atoms with van der Waals surface area (Å²) >= 11 is 0. The molecule has 5 nitrogen and oxygen atoms in total. The van der Waals surface area contributed by atoms with Crippen molar-refractivity contribution in [2.45, 2.75) is 12.5 Å². The van der Waals surface area contributed by atoms with Crippen LogP contribution in [0.2, 0.25) is 0 Å². The number of rotatable bonds is 6. The Balaban J connectivity index is 1.89. The van der Waals surface area contributed by atoms with E-state index in [2.05, 4.69) is 58.7 Å². The van der Waals surface area contributed by atoms with E-state index in [-0.39, 0.29) is 6.04 Å². The molecule has 1 saturated heterocycles. The van der Waals surface area contributed by atoms with E-state index in [1.807, 2.05) is 6.07 Å². The zero-order valence-corrected chi connectivity index (χ0v) is 18.0. The van der Waals surface area contributed by atoms with Crippen LogP contribution in [0.15, 0.2) is 54.6 Å². The molecule has 1 aliphatic rings. The van der Waals surface area contributed by atoms with Gasteiger partial charge in [-0.1, -0.05) is 36.4 Å². The summed E-state index contributed by atoms with van der Waals surface area (Å²) in [7, 11) is 5.01. The van der Waals surface area contributed by atoms with E-state index in [0.29, 0.717) is 11.5 Å². The van der Waals surface area contributed by atoms with Crippen LogP contribution in [0.4, 0.5) is 0 Å². The fraction of sp³-hybridized carbons (Fsp3) is 0.360. The summed E-state index contributed by atoms with van der Waals surface area (Å²) in [6.45, 7) is 4.00. The Morgan fingerprint density at radius 2 is 1.60 bits per heavy atom. The van der Waals surface area contributed by atoms with Crippen LogP contribution in [0, 0.1) is 0 Å². The van der Waals surface area contributed by atoms with Gasteiger partial charge in [0.25, 0.3) is 0 Å². The molecular formula is C25H30N2O3. The van der Waals surface area contributed by atoms with Crippen LogP contribution in [0.3, 0.4) is 0 Å². The highest BCUT2D eigenvalue weighted by Crippen LogP contribution is 2.45. The minimum absolute atomic E-state index is 0.0595. The predicted octanol–water partition coefficient (Wildman–Crippen LogP) is 4.25. The molecule has 0 aromatic heterocycles. The molecule has 1 unspecified atom stereocenters. The highest BCUT2D eigenvalue weighted by molar-refractivity contribution is 5.83. The van der Waals surface area contributed by atoms with Gasteiger partial charge in [0.1, 0.15) is 0 Å². The Bertz CT molecular complexity index is 997. The van der Waals surface area contributed by atoms with Gasteiger partial charge in [0.15, 0.2) is 11.5 Å². The van der Waals surface area contributed by atoms with Gasteiger partial charge in [-0.15, -0.1) is 0 Å². The molecule has 4 rings (SSSR count). The second-order valence-electron chi connectivity index (χ2n) is 7.57. The average molecular weight is 407 g/mol. The summed E-state index contributed by atoms with van der Waals surface area (Å²) in [6.07, 6.45) is 1.11. The fourth-order valence-electron chi connectivity index (χ4n) is 4.43. The molecule has 0 bridgehead atoms. The molecule has 0 saturated carbocycles. The molecule has 5 heteroatoms. The topological polar surface area (TPSA) is 43.0 Å². The lowest BCUT2D eigenvalue weighted by atomic mass is 9.93. The van der Waals surface area contributed by atoms with Crippen LogP contribution in [-0.4, -0.2) is 52.4 Å². The maximum Gasteiger partial charge on any atom is 0.203 e. The Morgan fingerprint density at radius 3 is 2.37 bits per heavy atom. The molecular weight excluding hydrogens is 376 g/mol. The number of hydrogen-bond donors (Lipinski definition) is 1. The molecule has 0 amide bonds. The molecule has 0 aliphatic carbocycles. The van der Waals surface area contributed by atoms with E-state index >= 15 is 0 Å². The quantitative estimate of drug-likeness (QED) is 0.663. The number of nitrogens with one attached hydrogen (secondary N) is 1. The van der Waals surface area contributed by atoms with Gasteiger partial charge in [0.2, 0.25) is 5.75 Å². The van der Waals surface area contributed by atoms with Gasteiger partial charge in [-0.3, -0.25) is 4.90 Å². The first kappa shape index (κ1) is 20.5. The molecule has 1 fully saturated rings. The lowest BCUT2D eigenvalue weighted by molar-refractivity contribution is 0.233. The van der Waals surface area contributed by atoms with Crippen molar-refractivity contribution < 1.29 is 14.2 Å². The molecule has 158 valence electrons. The number of hydrogen-bond acceptors (Lipinski definition) is 5. The summed E-state index contributed by atoms with van der Waals surface area (Å²) in [5, 5.41) is 6.01. The van der Waals surface area contributed by atoms with E-state index in [0.717, 1.165) is 43.9 Å². The van der Waals surface area contributed by atoms with Gasteiger partial charge in [-0.05, 0) is 47.5 Å². The lowest BCUT2D eigenvalue weighted by Gasteiger charge is -2.33. The molecule has 3 aromatic rings. The highest BCUT2D eigenvalue weighted by Gasteiger charge is 2.29. The summed E-state index contributed by atoms with van der Waals surface area (Å²) in [5.41, 5.74) is 2.34. The Kier molecular flexibility index (Phi) is 6.41. The second kappa shape index (κ2) is 9.37. The first-order chi connectivity index (χ1) is 14.8. The summed E-state index contributed by atoms with van der Waals surface area (Å²) < 4.78 is 17.1. The smallest absolute Gasteiger partial charge is 0.203 e. The normalized spacial score (nSPS) is 16.1. The Labute approximate surface area is 178 Å². The van der Waals surface area contributed by atoms with Crippen molar-refractivity contribution in [2.75, 3.05) is 47.5 Å². The van der Waals surface area contributed by atoms with Gasteiger partial charge in [-0.2, -0.15) is 0 Å². The SMILES string of the molecule is COc1ccc(C(c2ccc3ccccc3c2)N2CCCNCC2)c(OC)c1OC. The minimum atomic E-state index is 0.0595. The van der Waals surface area contributed by atoms with Crippen molar-refractivity contribution in [2.24, 2.45) is 0 Å². The second-order valence-corrected chi connectivity index (χ2v) is 7.57. The molecule has 0 spiro atoms. The first-order valence-corrected chi connectivity index (χ1v) is 10.5. The number of nitrogens with zero attached hydrogens (tertiary/aromatic N) is 1. The Hall–Kier alpha value is -2.76. The van der Waals surface area contributed by atoms with Gasteiger partial charge in [-0.25, -0.2) is 0 Å². The minimum Gasteiger partial charge on any atom is -0.493 e. The van der Waals surface area contributed by atoms with Gasteiger partial charge in [0.05, 0.1) is 27.4 Å². The van der Waals surface area contributed by atoms with Crippen molar-refractivity contribution >= 4 is 10.8 Å². The first-order valence-electron chi connectivity index (χ1n) is 10.5. The molecule has 3 aromatic carbocycles. The van der Waals surface area contributed by atoms with E-state index in [1.54, 1.807) is 21.3 Å². The van der Waals surface area contributed by atoms with E-state index in [9.17, 15) is 0 Å². The van der Waals surface area contributed by atoms with E-state index in [4.69, 9.17) is 14.2 Å². The molecule has 0 radical (unpaired) electrons. The van der Waals surface area contributed by atoms with Crippen LogP contribution >= 0.6 is 0 Å². The maximum absolute atomic E-state index is 5.87. The largest absolute Gasteiger partial charge is 0.493 e. The van der Waals surface area contributed by atoms with Crippen LogP contribution < -0.4 is 19.5 Å². The van der Waals surface area contributed by atoms with Crippen molar-refractivity contribution in [1.82, 2.24) is 10.2 Å². The molecule has 1 N–H and O–H groups in total. The standard InChI is InChI=1S/C25H30N2O3/c1-28-22-12-11-21(24(29-2)25(22)30-3)23(27-15-6-13-26-14-16-27)20-10-9-18-7-4-5-8-19(18)17-20/h4-5,7-12,17,23,26H,6,13-16H2,1-3H3. The number of ether oxygens (including phenoxy) is 3. The number of fused-ring (bicyclic) bond motifs is 1. The third-order valence-corrected chi connectivity index (χ3v) is 5.86. The van der Waals surface area contributed by atoms with Crippen molar-refractivity contribution in [1.29, 1.82) is 0 Å². The zero-order valence-electron chi connectivity index (χ0n) is 18.0. The lowest BCUT2D eigenvalue weighted by Crippen LogP contribution is -2.33. The van der Waals surface area contributed by atoms with Crippen LogP contribution in [0.25, 0.3) is 10.8 Å². The third kappa shape index (κ3) is 3.95. The zero-order chi connectivity index (χ0) is 20.9. The summed E-state index contributed by atoms with van der Waals surface area (Å²) in [4.78, 5) is 2.54. The van der Waals surface area contributed by atoms with Crippen molar-refractivity contribution in [3.63, 3.8) is 0 Å². The number of methoxy groups -OCH3 is 3. The predicted molar refractivity (Wildman–Crippen MR) is 121 cm³/mol. The summed E-state index contributed by atoms with van der Waals surface area (Å²) in [6, 6.07) is 19.4. The van der Waals surface area contributed by atoms with Crippen molar-refractivity contribution in [3.05, 3.63) is 65.7 Å². The number of benzene rings is 3. The van der Waals surface area contributed by atoms with Crippen LogP contribution in [-0.2, 0) is 0 Å². The third-order valence-electron chi connectivity index (χ3n) is 5.86. The van der Waals surface area contributed by atoms with E-state index in [1.165, 1.54) is 16.3 Å². The average Bonchev–Trinajstić information content (AvgIpc) is 3.08. The highest BCUT2D eigenvalue weighted by atomic mass is 16.5. The fourth-order valence-corrected chi connectivity index (χ4v) is 4.43. The maximum atomic E-state index is 5.87. The summed E-state index contributed by atoms with van der Waals surface area (Å²) in [5.74, 6) is 2.04. The monoisotopic (exact) mass is 406 g/mol.